The molecule has 1 aromatic carbocycles. The predicted octanol–water partition coefficient (Wildman–Crippen LogP) is 1.87. The Hall–Kier alpha value is -2.27. The van der Waals surface area contributed by atoms with Crippen LogP contribution in [-0.2, 0) is 10.0 Å². The molecule has 11 heteroatoms. The summed E-state index contributed by atoms with van der Waals surface area (Å²) >= 11 is 0. The number of nitrogens with zero attached hydrogens (tertiary/aromatic N) is 3. The van der Waals surface area contributed by atoms with Crippen LogP contribution in [0.1, 0.15) is 25.7 Å². The third-order valence-electron chi connectivity index (χ3n) is 4.51. The molecule has 1 saturated carbocycles. The number of anilines is 1. The van der Waals surface area contributed by atoms with Crippen molar-refractivity contribution in [3.8, 4) is 0 Å². The molecule has 1 aliphatic heterocycles. The van der Waals surface area contributed by atoms with E-state index in [0.29, 0.717) is 25.9 Å². The zero-order valence-corrected chi connectivity index (χ0v) is 14.1. The molecule has 136 valence electrons. The van der Waals surface area contributed by atoms with Gasteiger partial charge in [-0.3, -0.25) is 20.2 Å². The van der Waals surface area contributed by atoms with E-state index in [1.807, 2.05) is 0 Å². The minimum atomic E-state index is -3.20. The van der Waals surface area contributed by atoms with Crippen molar-refractivity contribution < 1.29 is 18.3 Å². The molecule has 1 N–H and O–H groups in total. The predicted molar refractivity (Wildman–Crippen MR) is 89.9 cm³/mol. The minimum Gasteiger partial charge on any atom is -0.377 e. The maximum Gasteiger partial charge on any atom is 0.299 e. The number of nitro groups is 2. The zero-order chi connectivity index (χ0) is 18.2. The van der Waals surface area contributed by atoms with E-state index in [1.54, 1.807) is 0 Å². The quantitative estimate of drug-likeness (QED) is 0.596. The van der Waals surface area contributed by atoms with Crippen LogP contribution in [0.3, 0.4) is 0 Å². The smallest absolute Gasteiger partial charge is 0.299 e. The van der Waals surface area contributed by atoms with E-state index >= 15 is 0 Å². The van der Waals surface area contributed by atoms with Gasteiger partial charge >= 0.3 is 0 Å². The van der Waals surface area contributed by atoms with Gasteiger partial charge in [0, 0.05) is 25.2 Å². The fourth-order valence-electron chi connectivity index (χ4n) is 2.96. The fourth-order valence-corrected chi connectivity index (χ4v) is 4.83. The van der Waals surface area contributed by atoms with Gasteiger partial charge in [-0.1, -0.05) is 0 Å². The monoisotopic (exact) mass is 370 g/mol. The SMILES string of the molecule is O=[N+]([O-])c1ccc(NC2CCN(S(=O)(=O)C3CC3)CC2)c([N+](=O)[O-])c1. The van der Waals surface area contributed by atoms with Crippen molar-refractivity contribution in [2.45, 2.75) is 37.0 Å². The third kappa shape index (κ3) is 3.71. The number of non-ortho nitro benzene ring substituents is 1. The van der Waals surface area contributed by atoms with Gasteiger partial charge in [-0.05, 0) is 31.7 Å². The number of nitro benzene ring substituents is 2. The van der Waals surface area contributed by atoms with Gasteiger partial charge in [0.05, 0.1) is 21.2 Å². The highest BCUT2D eigenvalue weighted by atomic mass is 32.2. The van der Waals surface area contributed by atoms with Crippen LogP contribution < -0.4 is 5.32 Å². The second-order valence-corrected chi connectivity index (χ2v) is 8.49. The Morgan fingerprint density at radius 3 is 2.20 bits per heavy atom. The zero-order valence-electron chi connectivity index (χ0n) is 13.3. The van der Waals surface area contributed by atoms with Crippen LogP contribution in [-0.4, -0.2) is 47.0 Å². The normalized spacial score (nSPS) is 19.5. The van der Waals surface area contributed by atoms with Gasteiger partial charge in [0.2, 0.25) is 10.0 Å². The maximum atomic E-state index is 12.2. The Kier molecular flexibility index (Phi) is 4.60. The van der Waals surface area contributed by atoms with E-state index in [4.69, 9.17) is 0 Å². The summed E-state index contributed by atoms with van der Waals surface area (Å²) in [5.41, 5.74) is -0.496. The van der Waals surface area contributed by atoms with Crippen LogP contribution in [0.25, 0.3) is 0 Å². The van der Waals surface area contributed by atoms with Crippen molar-refractivity contribution in [3.05, 3.63) is 38.4 Å². The Labute approximate surface area is 144 Å². The van der Waals surface area contributed by atoms with Crippen molar-refractivity contribution in [2.24, 2.45) is 0 Å². The van der Waals surface area contributed by atoms with Gasteiger partial charge < -0.3 is 5.32 Å². The number of sulfonamides is 1. The summed E-state index contributed by atoms with van der Waals surface area (Å²) in [6.45, 7) is 0.745. The Bertz CT molecular complexity index is 800. The standard InChI is InChI=1S/C14H18N4O6S/c19-17(20)11-1-4-13(14(9-11)18(21)22)15-10-5-7-16(8-6-10)25(23,24)12-2-3-12/h1,4,9-10,12,15H,2-3,5-8H2. The van der Waals surface area contributed by atoms with Gasteiger partial charge in [-0.25, -0.2) is 12.7 Å². The second kappa shape index (κ2) is 6.56. The molecule has 0 spiro atoms. The lowest BCUT2D eigenvalue weighted by Crippen LogP contribution is -2.43. The summed E-state index contributed by atoms with van der Waals surface area (Å²) in [6.07, 6.45) is 2.49. The van der Waals surface area contributed by atoms with Crippen LogP contribution in [0.4, 0.5) is 17.1 Å². The first-order valence-corrected chi connectivity index (χ1v) is 9.47. The number of benzene rings is 1. The molecule has 0 radical (unpaired) electrons. The summed E-state index contributed by atoms with van der Waals surface area (Å²) in [5, 5.41) is 24.7. The van der Waals surface area contributed by atoms with E-state index < -0.39 is 19.9 Å². The minimum absolute atomic E-state index is 0.120. The lowest BCUT2D eigenvalue weighted by atomic mass is 10.1. The summed E-state index contributed by atoms with van der Waals surface area (Å²) in [5.74, 6) is 0. The molecule has 0 aromatic heterocycles. The second-order valence-electron chi connectivity index (χ2n) is 6.28. The fraction of sp³-hybridized carbons (Fsp3) is 0.571. The highest BCUT2D eigenvalue weighted by Crippen LogP contribution is 2.34. The van der Waals surface area contributed by atoms with E-state index in [0.717, 1.165) is 18.9 Å². The Morgan fingerprint density at radius 2 is 1.68 bits per heavy atom. The van der Waals surface area contributed by atoms with Crippen molar-refractivity contribution in [1.29, 1.82) is 0 Å². The highest BCUT2D eigenvalue weighted by molar-refractivity contribution is 7.90. The van der Waals surface area contributed by atoms with E-state index in [1.165, 1.54) is 16.4 Å². The van der Waals surface area contributed by atoms with Crippen LogP contribution >= 0.6 is 0 Å². The summed E-state index contributed by atoms with van der Waals surface area (Å²) < 4.78 is 25.9. The molecular weight excluding hydrogens is 352 g/mol. The first-order chi connectivity index (χ1) is 11.8. The van der Waals surface area contributed by atoms with Crippen LogP contribution in [0, 0.1) is 20.2 Å². The molecule has 0 unspecified atom stereocenters. The molecule has 0 atom stereocenters. The molecule has 3 rings (SSSR count). The maximum absolute atomic E-state index is 12.2. The molecule has 25 heavy (non-hydrogen) atoms. The lowest BCUT2D eigenvalue weighted by Gasteiger charge is -2.32. The molecule has 10 nitrogen and oxygen atoms in total. The topological polar surface area (TPSA) is 136 Å². The largest absolute Gasteiger partial charge is 0.377 e. The molecule has 1 heterocycles. The Balaban J connectivity index is 1.67. The van der Waals surface area contributed by atoms with Gasteiger partial charge in [-0.2, -0.15) is 0 Å². The molecule has 1 saturated heterocycles. The molecular formula is C14H18N4O6S. The van der Waals surface area contributed by atoms with Crippen molar-refractivity contribution in [1.82, 2.24) is 4.31 Å². The molecule has 0 bridgehead atoms. The molecule has 2 aliphatic rings. The summed E-state index contributed by atoms with van der Waals surface area (Å²) in [7, 11) is -3.20. The van der Waals surface area contributed by atoms with E-state index in [2.05, 4.69) is 5.32 Å². The van der Waals surface area contributed by atoms with Crippen molar-refractivity contribution in [2.75, 3.05) is 18.4 Å². The molecule has 2 fully saturated rings. The number of piperidine rings is 1. The lowest BCUT2D eigenvalue weighted by molar-refractivity contribution is -0.393. The molecule has 1 aromatic rings. The number of nitrogens with one attached hydrogen (secondary N) is 1. The third-order valence-corrected chi connectivity index (χ3v) is 6.91. The van der Waals surface area contributed by atoms with Crippen molar-refractivity contribution in [3.63, 3.8) is 0 Å². The number of hydrogen-bond donors (Lipinski definition) is 1. The van der Waals surface area contributed by atoms with E-state index in [-0.39, 0.29) is 28.4 Å². The van der Waals surface area contributed by atoms with Gasteiger partial charge in [0.25, 0.3) is 11.4 Å². The average molecular weight is 370 g/mol. The summed E-state index contributed by atoms with van der Waals surface area (Å²) in [4.78, 5) is 20.6. The number of rotatable bonds is 6. The highest BCUT2D eigenvalue weighted by Gasteiger charge is 2.41. The molecule has 1 aliphatic carbocycles. The summed E-state index contributed by atoms with van der Waals surface area (Å²) in [6, 6.07) is 3.34. The molecule has 0 amide bonds. The van der Waals surface area contributed by atoms with Crippen LogP contribution in [0.15, 0.2) is 18.2 Å². The first kappa shape index (κ1) is 17.5. The first-order valence-electron chi connectivity index (χ1n) is 7.97. The Morgan fingerprint density at radius 1 is 1.04 bits per heavy atom. The van der Waals surface area contributed by atoms with Crippen LogP contribution in [0.2, 0.25) is 0 Å². The van der Waals surface area contributed by atoms with Gasteiger partial charge in [-0.15, -0.1) is 0 Å². The average Bonchev–Trinajstić information content (AvgIpc) is 3.40. The van der Waals surface area contributed by atoms with E-state index in [9.17, 15) is 28.6 Å². The van der Waals surface area contributed by atoms with Gasteiger partial charge in [0.15, 0.2) is 0 Å². The van der Waals surface area contributed by atoms with Gasteiger partial charge in [0.1, 0.15) is 5.69 Å². The van der Waals surface area contributed by atoms with Crippen molar-refractivity contribution >= 4 is 27.1 Å². The number of hydrogen-bond acceptors (Lipinski definition) is 7. The van der Waals surface area contributed by atoms with Crippen LogP contribution in [0.5, 0.6) is 0 Å².